The van der Waals surface area contributed by atoms with Crippen molar-refractivity contribution in [2.24, 2.45) is 0 Å². The number of esters is 1. The van der Waals surface area contributed by atoms with E-state index < -0.39 is 24.3 Å². The number of amides is 1. The molecule has 23 heavy (non-hydrogen) atoms. The van der Waals surface area contributed by atoms with Gasteiger partial charge in [-0.3, -0.25) is 4.79 Å². The van der Waals surface area contributed by atoms with E-state index >= 15 is 0 Å². The monoisotopic (exact) mass is 375 g/mol. The number of carbonyl (C=O) groups is 2. The lowest BCUT2D eigenvalue weighted by Crippen LogP contribution is -2.21. The number of halogens is 4. The second-order valence-corrected chi connectivity index (χ2v) is 5.60. The lowest BCUT2D eigenvalue weighted by molar-refractivity contribution is -0.119. The summed E-state index contributed by atoms with van der Waals surface area (Å²) in [5.74, 6) is -2.03. The number of rotatable bonds is 4. The summed E-state index contributed by atoms with van der Waals surface area (Å²) < 4.78 is 17.8. The topological polar surface area (TPSA) is 55.4 Å². The van der Waals surface area contributed by atoms with E-state index in [4.69, 9.17) is 39.5 Å². The maximum absolute atomic E-state index is 13.0. The number of hydrogen-bond donors (Lipinski definition) is 1. The maximum Gasteiger partial charge on any atom is 0.338 e. The molecule has 0 spiro atoms. The summed E-state index contributed by atoms with van der Waals surface area (Å²) >= 11 is 17.5. The van der Waals surface area contributed by atoms with E-state index in [0.29, 0.717) is 0 Å². The molecule has 0 saturated carbocycles. The molecule has 2 aromatic rings. The fourth-order valence-corrected chi connectivity index (χ4v) is 2.23. The highest BCUT2D eigenvalue weighted by Crippen LogP contribution is 2.32. The Morgan fingerprint density at radius 3 is 2.43 bits per heavy atom. The van der Waals surface area contributed by atoms with E-state index in [-0.39, 0.29) is 26.3 Å². The zero-order valence-electron chi connectivity index (χ0n) is 11.4. The Labute approximate surface area is 146 Å². The van der Waals surface area contributed by atoms with Gasteiger partial charge in [-0.25, -0.2) is 9.18 Å². The number of hydrogen-bond acceptors (Lipinski definition) is 3. The van der Waals surface area contributed by atoms with Gasteiger partial charge in [-0.2, -0.15) is 0 Å². The molecule has 1 amide bonds. The fourth-order valence-electron chi connectivity index (χ4n) is 1.63. The lowest BCUT2D eigenvalue weighted by Gasteiger charge is -2.09. The Balaban J connectivity index is 1.95. The molecule has 0 aromatic heterocycles. The Bertz CT molecular complexity index is 768. The van der Waals surface area contributed by atoms with Crippen molar-refractivity contribution in [1.82, 2.24) is 0 Å². The molecular formula is C15H9Cl3FNO3. The fraction of sp³-hybridized carbons (Fsp3) is 0.0667. The number of anilines is 1. The molecule has 0 heterocycles. The Hall–Kier alpha value is -1.82. The van der Waals surface area contributed by atoms with Gasteiger partial charge in [0.1, 0.15) is 5.82 Å². The van der Waals surface area contributed by atoms with Gasteiger partial charge in [-0.15, -0.1) is 0 Å². The average Bonchev–Trinajstić information content (AvgIpc) is 2.50. The minimum atomic E-state index is -0.820. The summed E-state index contributed by atoms with van der Waals surface area (Å²) in [6.07, 6.45) is 0. The van der Waals surface area contributed by atoms with Crippen molar-refractivity contribution in [2.45, 2.75) is 0 Å². The van der Waals surface area contributed by atoms with Crippen LogP contribution in [0.5, 0.6) is 0 Å². The molecule has 2 aromatic carbocycles. The molecule has 0 aliphatic rings. The summed E-state index contributed by atoms with van der Waals surface area (Å²) in [4.78, 5) is 23.5. The molecule has 0 fully saturated rings. The van der Waals surface area contributed by atoms with Gasteiger partial charge >= 0.3 is 5.97 Å². The van der Waals surface area contributed by atoms with Crippen LogP contribution in [0.2, 0.25) is 15.1 Å². The van der Waals surface area contributed by atoms with E-state index in [9.17, 15) is 14.0 Å². The first-order valence-electron chi connectivity index (χ1n) is 6.24. The average molecular weight is 377 g/mol. The van der Waals surface area contributed by atoms with Crippen LogP contribution in [0.1, 0.15) is 10.4 Å². The van der Waals surface area contributed by atoms with Crippen LogP contribution in [0.25, 0.3) is 0 Å². The molecule has 0 aliphatic heterocycles. The van der Waals surface area contributed by atoms with Crippen LogP contribution in [0.3, 0.4) is 0 Å². The van der Waals surface area contributed by atoms with Gasteiger partial charge in [-0.05, 0) is 30.3 Å². The zero-order valence-corrected chi connectivity index (χ0v) is 13.7. The SMILES string of the molecule is O=C(COC(=O)c1cccc(F)c1)Nc1cc(Cl)c(Cl)cc1Cl. The van der Waals surface area contributed by atoms with Gasteiger partial charge < -0.3 is 10.1 Å². The lowest BCUT2D eigenvalue weighted by atomic mass is 10.2. The maximum atomic E-state index is 13.0. The molecule has 0 radical (unpaired) electrons. The Morgan fingerprint density at radius 1 is 1.04 bits per heavy atom. The summed E-state index contributed by atoms with van der Waals surface area (Å²) in [7, 11) is 0. The van der Waals surface area contributed by atoms with Gasteiger partial charge in [-0.1, -0.05) is 40.9 Å². The molecule has 0 bridgehead atoms. The molecule has 0 saturated heterocycles. The van der Waals surface area contributed by atoms with Gasteiger partial charge in [0.2, 0.25) is 0 Å². The largest absolute Gasteiger partial charge is 0.452 e. The van der Waals surface area contributed by atoms with Crippen molar-refractivity contribution in [2.75, 3.05) is 11.9 Å². The molecule has 0 unspecified atom stereocenters. The highest BCUT2D eigenvalue weighted by molar-refractivity contribution is 6.44. The zero-order chi connectivity index (χ0) is 17.0. The number of carbonyl (C=O) groups excluding carboxylic acids is 2. The van der Waals surface area contributed by atoms with Crippen molar-refractivity contribution in [3.05, 3.63) is 62.8 Å². The molecule has 120 valence electrons. The van der Waals surface area contributed by atoms with Crippen LogP contribution in [-0.2, 0) is 9.53 Å². The van der Waals surface area contributed by atoms with Crippen LogP contribution in [-0.4, -0.2) is 18.5 Å². The highest BCUT2D eigenvalue weighted by atomic mass is 35.5. The molecule has 0 aliphatic carbocycles. The smallest absolute Gasteiger partial charge is 0.338 e. The second kappa shape index (κ2) is 7.64. The van der Waals surface area contributed by atoms with Crippen LogP contribution in [0, 0.1) is 5.82 Å². The second-order valence-electron chi connectivity index (χ2n) is 4.38. The minimum Gasteiger partial charge on any atom is -0.452 e. The van der Waals surface area contributed by atoms with Crippen LogP contribution >= 0.6 is 34.8 Å². The van der Waals surface area contributed by atoms with Gasteiger partial charge in [0.05, 0.1) is 26.3 Å². The molecule has 2 rings (SSSR count). The van der Waals surface area contributed by atoms with E-state index in [1.54, 1.807) is 0 Å². The molecular weight excluding hydrogens is 368 g/mol. The molecule has 1 N–H and O–H groups in total. The van der Waals surface area contributed by atoms with E-state index in [1.165, 1.54) is 30.3 Å². The summed E-state index contributed by atoms with van der Waals surface area (Å²) in [6, 6.07) is 7.69. The van der Waals surface area contributed by atoms with E-state index in [2.05, 4.69) is 5.32 Å². The summed E-state index contributed by atoms with van der Waals surface area (Å²) in [5.41, 5.74) is 0.234. The number of benzene rings is 2. The third-order valence-electron chi connectivity index (χ3n) is 2.68. The van der Waals surface area contributed by atoms with Crippen molar-refractivity contribution in [3.8, 4) is 0 Å². The van der Waals surface area contributed by atoms with E-state index in [0.717, 1.165) is 6.07 Å². The first-order valence-corrected chi connectivity index (χ1v) is 7.37. The normalized spacial score (nSPS) is 10.3. The molecule has 4 nitrogen and oxygen atoms in total. The Kier molecular flexibility index (Phi) is 5.82. The first kappa shape index (κ1) is 17.5. The van der Waals surface area contributed by atoms with Crippen molar-refractivity contribution in [3.63, 3.8) is 0 Å². The van der Waals surface area contributed by atoms with Gasteiger partial charge in [0, 0.05) is 0 Å². The summed E-state index contributed by atoms with van der Waals surface area (Å²) in [6.45, 7) is -0.564. The minimum absolute atomic E-state index is 0.00497. The predicted molar refractivity (Wildman–Crippen MR) is 86.8 cm³/mol. The van der Waals surface area contributed by atoms with Gasteiger partial charge in [0.15, 0.2) is 6.61 Å². The van der Waals surface area contributed by atoms with Crippen molar-refractivity contribution < 1.29 is 18.7 Å². The Morgan fingerprint density at radius 2 is 1.74 bits per heavy atom. The summed E-state index contributed by atoms with van der Waals surface area (Å²) in [5, 5.41) is 3.07. The molecule has 8 heteroatoms. The standard InChI is InChI=1S/C15H9Cl3FNO3/c16-10-5-12(18)13(6-11(10)17)20-14(21)7-23-15(22)8-2-1-3-9(19)4-8/h1-6H,7H2,(H,20,21). The van der Waals surface area contributed by atoms with Gasteiger partial charge in [0.25, 0.3) is 5.91 Å². The third-order valence-corrected chi connectivity index (χ3v) is 3.71. The van der Waals surface area contributed by atoms with Crippen LogP contribution in [0.4, 0.5) is 10.1 Å². The quantitative estimate of drug-likeness (QED) is 0.627. The van der Waals surface area contributed by atoms with Crippen LogP contribution in [0.15, 0.2) is 36.4 Å². The van der Waals surface area contributed by atoms with Crippen molar-refractivity contribution >= 4 is 52.4 Å². The van der Waals surface area contributed by atoms with Crippen molar-refractivity contribution in [1.29, 1.82) is 0 Å². The van der Waals surface area contributed by atoms with Crippen LogP contribution < -0.4 is 5.32 Å². The highest BCUT2D eigenvalue weighted by Gasteiger charge is 2.13. The number of nitrogens with one attached hydrogen (secondary N) is 1. The number of ether oxygens (including phenoxy) is 1. The molecule has 0 atom stereocenters. The predicted octanol–water partition coefficient (Wildman–Crippen LogP) is 4.58. The third kappa shape index (κ3) is 4.82. The van der Waals surface area contributed by atoms with E-state index in [1.807, 2.05) is 0 Å². The first-order chi connectivity index (χ1) is 10.9.